The predicted molar refractivity (Wildman–Crippen MR) is 122 cm³/mol. The average Bonchev–Trinajstić information content (AvgIpc) is 3.02. The number of cyclic esters (lactones) is 1. The fraction of sp³-hybridized carbons (Fsp3) is 0.840. The van der Waals surface area contributed by atoms with E-state index in [0.29, 0.717) is 6.42 Å². The summed E-state index contributed by atoms with van der Waals surface area (Å²) in [6, 6.07) is 0. The fourth-order valence-electron chi connectivity index (χ4n) is 3.77. The van der Waals surface area contributed by atoms with Crippen molar-refractivity contribution >= 4 is 11.9 Å². The Morgan fingerprint density at radius 2 is 1.55 bits per heavy atom. The van der Waals surface area contributed by atoms with Crippen LogP contribution >= 0.6 is 0 Å². The number of esters is 2. The summed E-state index contributed by atoms with van der Waals surface area (Å²) in [5.74, 6) is -0.733. The van der Waals surface area contributed by atoms with Gasteiger partial charge >= 0.3 is 11.9 Å². The second kappa shape index (κ2) is 16.3. The summed E-state index contributed by atoms with van der Waals surface area (Å²) in [5.41, 5.74) is 0. The van der Waals surface area contributed by atoms with Gasteiger partial charge in [0.1, 0.15) is 6.10 Å². The molecule has 0 aromatic carbocycles. The molecule has 6 nitrogen and oxygen atoms in total. The van der Waals surface area contributed by atoms with Crippen LogP contribution in [0.2, 0.25) is 0 Å². The van der Waals surface area contributed by atoms with Gasteiger partial charge in [0, 0.05) is 13.5 Å². The second-order valence-electron chi connectivity index (χ2n) is 8.92. The Morgan fingerprint density at radius 1 is 1.00 bits per heavy atom. The molecule has 180 valence electrons. The van der Waals surface area contributed by atoms with Crippen molar-refractivity contribution in [1.82, 2.24) is 0 Å². The van der Waals surface area contributed by atoms with Gasteiger partial charge in [-0.2, -0.15) is 0 Å². The molecule has 0 spiro atoms. The van der Waals surface area contributed by atoms with Crippen LogP contribution in [0.4, 0.5) is 0 Å². The smallest absolute Gasteiger partial charge is 0.338 e. The van der Waals surface area contributed by atoms with Crippen molar-refractivity contribution in [2.24, 2.45) is 5.92 Å². The quantitative estimate of drug-likeness (QED) is 0.192. The molecule has 1 aliphatic rings. The minimum atomic E-state index is -1.17. The van der Waals surface area contributed by atoms with E-state index in [1.54, 1.807) is 6.08 Å². The van der Waals surface area contributed by atoms with Crippen LogP contribution < -0.4 is 0 Å². The molecule has 1 saturated heterocycles. The van der Waals surface area contributed by atoms with Gasteiger partial charge in [0.05, 0.1) is 0 Å². The second-order valence-corrected chi connectivity index (χ2v) is 8.92. The van der Waals surface area contributed by atoms with E-state index < -0.39 is 30.4 Å². The van der Waals surface area contributed by atoms with Gasteiger partial charge in [0.15, 0.2) is 18.3 Å². The van der Waals surface area contributed by atoms with Crippen LogP contribution in [-0.2, 0) is 23.8 Å². The Bertz CT molecular complexity index is 530. The third-order valence-electron chi connectivity index (χ3n) is 5.65. The van der Waals surface area contributed by atoms with Crippen molar-refractivity contribution in [3.05, 3.63) is 12.2 Å². The standard InChI is InChI=1S/C25H44O6/c1-5-6-7-8-9-10-11-12-13-14-15-16-21(26)30-20(18-17-19(2)3)23-22(27)24(29-4)25(28)31-23/h17-20,22-24,27H,5-16H2,1-4H3/b18-17+. The number of hydrogen-bond acceptors (Lipinski definition) is 6. The van der Waals surface area contributed by atoms with E-state index in [-0.39, 0.29) is 11.9 Å². The number of rotatable bonds is 17. The Labute approximate surface area is 188 Å². The number of hydrogen-bond donors (Lipinski definition) is 1. The van der Waals surface area contributed by atoms with Gasteiger partial charge in [-0.3, -0.25) is 4.79 Å². The molecular formula is C25H44O6. The summed E-state index contributed by atoms with van der Waals surface area (Å²) >= 11 is 0. The van der Waals surface area contributed by atoms with Crippen LogP contribution in [0.15, 0.2) is 12.2 Å². The highest BCUT2D eigenvalue weighted by Gasteiger charge is 2.48. The maximum absolute atomic E-state index is 12.3. The van der Waals surface area contributed by atoms with Crippen LogP contribution in [0, 0.1) is 5.92 Å². The SMILES string of the molecule is CCCCCCCCCCCCCC(=O)OC(/C=C/C(C)C)C1OC(=O)C(OC)C1O. The Hall–Kier alpha value is -1.40. The monoisotopic (exact) mass is 440 g/mol. The van der Waals surface area contributed by atoms with Crippen LogP contribution in [0.1, 0.15) is 97.8 Å². The molecule has 6 heteroatoms. The minimum Gasteiger partial charge on any atom is -0.454 e. The van der Waals surface area contributed by atoms with Gasteiger partial charge in [-0.25, -0.2) is 4.79 Å². The van der Waals surface area contributed by atoms with Crippen LogP contribution in [0.5, 0.6) is 0 Å². The molecule has 0 radical (unpaired) electrons. The van der Waals surface area contributed by atoms with E-state index in [2.05, 4.69) is 6.92 Å². The maximum Gasteiger partial charge on any atom is 0.338 e. The van der Waals surface area contributed by atoms with Gasteiger partial charge in [-0.15, -0.1) is 0 Å². The zero-order valence-electron chi connectivity index (χ0n) is 20.0. The van der Waals surface area contributed by atoms with E-state index in [0.717, 1.165) is 19.3 Å². The lowest BCUT2D eigenvalue weighted by Crippen LogP contribution is -2.40. The Morgan fingerprint density at radius 3 is 2.03 bits per heavy atom. The molecule has 0 amide bonds. The Balaban J connectivity index is 2.31. The molecule has 0 saturated carbocycles. The third-order valence-corrected chi connectivity index (χ3v) is 5.65. The molecule has 1 N–H and O–H groups in total. The number of ether oxygens (including phenoxy) is 3. The summed E-state index contributed by atoms with van der Waals surface area (Å²) in [6.07, 6.45) is 13.3. The molecule has 1 aliphatic heterocycles. The summed E-state index contributed by atoms with van der Waals surface area (Å²) in [6.45, 7) is 6.23. The molecule has 0 aromatic heterocycles. The lowest BCUT2D eigenvalue weighted by Gasteiger charge is -2.23. The number of carbonyl (C=O) groups excluding carboxylic acids is 2. The van der Waals surface area contributed by atoms with E-state index in [1.165, 1.54) is 58.5 Å². The van der Waals surface area contributed by atoms with Crippen molar-refractivity contribution in [3.63, 3.8) is 0 Å². The molecule has 4 unspecified atom stereocenters. The van der Waals surface area contributed by atoms with Gasteiger partial charge in [0.25, 0.3) is 0 Å². The lowest BCUT2D eigenvalue weighted by atomic mass is 10.0. The van der Waals surface area contributed by atoms with Crippen molar-refractivity contribution in [2.75, 3.05) is 7.11 Å². The highest BCUT2D eigenvalue weighted by Crippen LogP contribution is 2.24. The topological polar surface area (TPSA) is 82.1 Å². The molecule has 31 heavy (non-hydrogen) atoms. The lowest BCUT2D eigenvalue weighted by molar-refractivity contribution is -0.161. The third kappa shape index (κ3) is 11.2. The van der Waals surface area contributed by atoms with Gasteiger partial charge in [-0.1, -0.05) is 91.1 Å². The summed E-state index contributed by atoms with van der Waals surface area (Å²) in [5, 5.41) is 10.3. The zero-order valence-corrected chi connectivity index (χ0v) is 20.0. The van der Waals surface area contributed by atoms with E-state index in [1.807, 2.05) is 19.9 Å². The molecule has 1 heterocycles. The van der Waals surface area contributed by atoms with Crippen LogP contribution in [0.25, 0.3) is 0 Å². The predicted octanol–water partition coefficient (Wildman–Crippen LogP) is 5.11. The van der Waals surface area contributed by atoms with E-state index >= 15 is 0 Å². The molecule has 1 rings (SSSR count). The Kier molecular flexibility index (Phi) is 14.5. The van der Waals surface area contributed by atoms with Crippen LogP contribution in [-0.4, -0.2) is 48.6 Å². The van der Waals surface area contributed by atoms with E-state index in [9.17, 15) is 14.7 Å². The number of aliphatic hydroxyl groups is 1. The van der Waals surface area contributed by atoms with Gasteiger partial charge in [-0.05, 0) is 18.4 Å². The summed E-state index contributed by atoms with van der Waals surface area (Å²) < 4.78 is 15.8. The van der Waals surface area contributed by atoms with E-state index in [4.69, 9.17) is 14.2 Å². The van der Waals surface area contributed by atoms with Crippen molar-refractivity contribution in [2.45, 2.75) is 122 Å². The highest BCUT2D eigenvalue weighted by atomic mass is 16.6. The molecule has 0 aliphatic carbocycles. The number of unbranched alkanes of at least 4 members (excludes halogenated alkanes) is 10. The molecule has 0 aromatic rings. The average molecular weight is 441 g/mol. The largest absolute Gasteiger partial charge is 0.454 e. The molecular weight excluding hydrogens is 396 g/mol. The van der Waals surface area contributed by atoms with Gasteiger partial charge in [0.2, 0.25) is 0 Å². The number of allylic oxidation sites excluding steroid dienone is 1. The first kappa shape index (κ1) is 27.6. The number of aliphatic hydroxyl groups excluding tert-OH is 1. The van der Waals surface area contributed by atoms with Crippen LogP contribution in [0.3, 0.4) is 0 Å². The summed E-state index contributed by atoms with van der Waals surface area (Å²) in [4.78, 5) is 24.2. The first-order valence-electron chi connectivity index (χ1n) is 12.2. The first-order valence-corrected chi connectivity index (χ1v) is 12.2. The van der Waals surface area contributed by atoms with Gasteiger partial charge < -0.3 is 19.3 Å². The van der Waals surface area contributed by atoms with Crippen molar-refractivity contribution in [3.8, 4) is 0 Å². The molecule has 4 atom stereocenters. The first-order chi connectivity index (χ1) is 14.9. The van der Waals surface area contributed by atoms with Crippen molar-refractivity contribution in [1.29, 1.82) is 0 Å². The van der Waals surface area contributed by atoms with Crippen molar-refractivity contribution < 1.29 is 28.9 Å². The summed E-state index contributed by atoms with van der Waals surface area (Å²) in [7, 11) is 1.34. The maximum atomic E-state index is 12.3. The molecule has 0 bridgehead atoms. The number of methoxy groups -OCH3 is 1. The fourth-order valence-corrected chi connectivity index (χ4v) is 3.77. The normalized spacial score (nSPS) is 22.3. The minimum absolute atomic E-state index is 0.236. The highest BCUT2D eigenvalue weighted by molar-refractivity contribution is 5.78. The zero-order chi connectivity index (χ0) is 23.1. The number of carbonyl (C=O) groups is 2. The molecule has 1 fully saturated rings.